The number of nitrogens with zero attached hydrogens (tertiary/aromatic N) is 1. The summed E-state index contributed by atoms with van der Waals surface area (Å²) in [7, 11) is 0. The van der Waals surface area contributed by atoms with E-state index in [1.54, 1.807) is 33.8 Å². The van der Waals surface area contributed by atoms with Crippen molar-refractivity contribution in [2.75, 3.05) is 11.4 Å². The van der Waals surface area contributed by atoms with Gasteiger partial charge in [0, 0.05) is 13.0 Å². The predicted octanol–water partition coefficient (Wildman–Crippen LogP) is 3.46. The van der Waals surface area contributed by atoms with Crippen molar-refractivity contribution in [2.45, 2.75) is 39.7 Å². The highest BCUT2D eigenvalue weighted by Crippen LogP contribution is 2.33. The lowest BCUT2D eigenvalue weighted by atomic mass is 9.97. The number of ketones is 1. The van der Waals surface area contributed by atoms with Gasteiger partial charge >= 0.3 is 6.09 Å². The molecule has 0 spiro atoms. The third kappa shape index (κ3) is 2.66. The zero-order valence-electron chi connectivity index (χ0n) is 12.1. The molecule has 0 unspecified atom stereocenters. The lowest BCUT2D eigenvalue weighted by Crippen LogP contribution is -2.41. The molecule has 0 radical (unpaired) electrons. The fraction of sp³-hybridized carbons (Fsp3) is 0.467. The molecule has 1 aromatic rings. The lowest BCUT2D eigenvalue weighted by Gasteiger charge is -2.32. The van der Waals surface area contributed by atoms with E-state index in [2.05, 4.69) is 0 Å². The third-order valence-electron chi connectivity index (χ3n) is 3.05. The molecule has 0 aliphatic carbocycles. The van der Waals surface area contributed by atoms with E-state index in [0.29, 0.717) is 11.3 Å². The van der Waals surface area contributed by atoms with Crippen LogP contribution in [-0.2, 0) is 4.74 Å². The van der Waals surface area contributed by atoms with Gasteiger partial charge in [0.15, 0.2) is 5.78 Å². The minimum Gasteiger partial charge on any atom is -0.443 e. The molecule has 0 aromatic heterocycles. The number of anilines is 1. The summed E-state index contributed by atoms with van der Waals surface area (Å²) in [6, 6.07) is 2.81. The molecule has 108 valence electrons. The van der Waals surface area contributed by atoms with Gasteiger partial charge in [0.1, 0.15) is 11.4 Å². The first kappa shape index (κ1) is 14.5. The van der Waals surface area contributed by atoms with Crippen LogP contribution in [0.1, 0.15) is 43.1 Å². The van der Waals surface area contributed by atoms with Crippen LogP contribution in [0.4, 0.5) is 14.9 Å². The standard InChI is InChI=1S/C15H18FNO3/c1-9-5-6-10(16)12-11(18)7-8-17(13(9)12)14(19)20-15(2,3)4/h5-6H,7-8H2,1-4H3. The van der Waals surface area contributed by atoms with Crippen LogP contribution in [0.15, 0.2) is 12.1 Å². The van der Waals surface area contributed by atoms with Crippen molar-refractivity contribution in [3.8, 4) is 0 Å². The summed E-state index contributed by atoms with van der Waals surface area (Å²) >= 11 is 0. The van der Waals surface area contributed by atoms with Gasteiger partial charge in [-0.3, -0.25) is 9.69 Å². The average molecular weight is 279 g/mol. The molecule has 0 saturated carbocycles. The Morgan fingerprint density at radius 3 is 2.60 bits per heavy atom. The van der Waals surface area contributed by atoms with E-state index in [1.165, 1.54) is 11.0 Å². The summed E-state index contributed by atoms with van der Waals surface area (Å²) in [5, 5.41) is 0. The molecule has 0 fully saturated rings. The number of hydrogen-bond acceptors (Lipinski definition) is 3. The van der Waals surface area contributed by atoms with Gasteiger partial charge in [-0.25, -0.2) is 9.18 Å². The van der Waals surface area contributed by atoms with E-state index in [4.69, 9.17) is 4.74 Å². The normalized spacial score (nSPS) is 15.1. The molecule has 2 rings (SSSR count). The Kier molecular flexibility index (Phi) is 3.54. The van der Waals surface area contributed by atoms with Crippen molar-refractivity contribution in [3.63, 3.8) is 0 Å². The Morgan fingerprint density at radius 1 is 1.35 bits per heavy atom. The molecule has 0 bridgehead atoms. The molecule has 1 aliphatic heterocycles. The van der Waals surface area contributed by atoms with Crippen molar-refractivity contribution < 1.29 is 18.7 Å². The van der Waals surface area contributed by atoms with Gasteiger partial charge in [0.25, 0.3) is 0 Å². The zero-order valence-corrected chi connectivity index (χ0v) is 12.1. The first-order valence-corrected chi connectivity index (χ1v) is 6.53. The molecule has 1 heterocycles. The largest absolute Gasteiger partial charge is 0.443 e. The highest BCUT2D eigenvalue weighted by atomic mass is 19.1. The number of hydrogen-bond donors (Lipinski definition) is 0. The van der Waals surface area contributed by atoms with Crippen molar-refractivity contribution in [1.29, 1.82) is 0 Å². The summed E-state index contributed by atoms with van der Waals surface area (Å²) in [5.41, 5.74) is 0.359. The van der Waals surface area contributed by atoms with Gasteiger partial charge in [-0.05, 0) is 39.3 Å². The Morgan fingerprint density at radius 2 is 2.00 bits per heavy atom. The van der Waals surface area contributed by atoms with Crippen LogP contribution in [0.25, 0.3) is 0 Å². The molecule has 1 amide bonds. The van der Waals surface area contributed by atoms with Gasteiger partial charge in [0.2, 0.25) is 0 Å². The van der Waals surface area contributed by atoms with Crippen molar-refractivity contribution in [3.05, 3.63) is 29.1 Å². The predicted molar refractivity (Wildman–Crippen MR) is 73.7 cm³/mol. The number of carbonyl (C=O) groups is 2. The third-order valence-corrected chi connectivity index (χ3v) is 3.05. The van der Waals surface area contributed by atoms with Crippen molar-refractivity contribution in [1.82, 2.24) is 0 Å². The van der Waals surface area contributed by atoms with Crippen LogP contribution in [0.5, 0.6) is 0 Å². The smallest absolute Gasteiger partial charge is 0.414 e. The fourth-order valence-corrected chi connectivity index (χ4v) is 2.23. The summed E-state index contributed by atoms with van der Waals surface area (Å²) in [6.45, 7) is 7.25. The Labute approximate surface area is 117 Å². The molecule has 0 saturated heterocycles. The van der Waals surface area contributed by atoms with Gasteiger partial charge in [-0.15, -0.1) is 0 Å². The van der Waals surface area contributed by atoms with Crippen LogP contribution in [0, 0.1) is 12.7 Å². The first-order valence-electron chi connectivity index (χ1n) is 6.53. The van der Waals surface area contributed by atoms with Gasteiger partial charge in [-0.1, -0.05) is 6.07 Å². The van der Waals surface area contributed by atoms with Crippen LogP contribution < -0.4 is 4.90 Å². The monoisotopic (exact) mass is 279 g/mol. The maximum Gasteiger partial charge on any atom is 0.414 e. The number of aryl methyl sites for hydroxylation is 1. The number of Topliss-reactive ketones (excluding diaryl/α,β-unsaturated/α-hetero) is 1. The summed E-state index contributed by atoms with van der Waals surface area (Å²) < 4.78 is 19.2. The molecule has 0 N–H and O–H groups in total. The van der Waals surface area contributed by atoms with Crippen molar-refractivity contribution >= 4 is 17.6 Å². The molecule has 0 atom stereocenters. The van der Waals surface area contributed by atoms with Gasteiger partial charge in [0.05, 0.1) is 11.3 Å². The maximum absolute atomic E-state index is 13.9. The second-order valence-corrected chi connectivity index (χ2v) is 5.89. The number of carbonyl (C=O) groups excluding carboxylic acids is 2. The topological polar surface area (TPSA) is 46.6 Å². The first-order chi connectivity index (χ1) is 9.20. The molecular weight excluding hydrogens is 261 g/mol. The number of fused-ring (bicyclic) bond motifs is 1. The minimum absolute atomic E-state index is 0.0119. The van der Waals surface area contributed by atoms with E-state index in [9.17, 15) is 14.0 Å². The van der Waals surface area contributed by atoms with Crippen LogP contribution in [-0.4, -0.2) is 24.0 Å². The second kappa shape index (κ2) is 4.89. The second-order valence-electron chi connectivity index (χ2n) is 5.89. The lowest BCUT2D eigenvalue weighted by molar-refractivity contribution is 0.0577. The summed E-state index contributed by atoms with van der Waals surface area (Å²) in [6.07, 6.45) is -0.452. The van der Waals surface area contributed by atoms with Crippen LogP contribution in [0.2, 0.25) is 0 Å². The quantitative estimate of drug-likeness (QED) is 0.730. The molecule has 1 aromatic carbocycles. The Hall–Kier alpha value is -1.91. The zero-order chi connectivity index (χ0) is 15.1. The number of ether oxygens (including phenoxy) is 1. The number of halogens is 1. The minimum atomic E-state index is -0.639. The van der Waals surface area contributed by atoms with E-state index in [-0.39, 0.29) is 24.3 Å². The summed E-state index contributed by atoms with van der Waals surface area (Å²) in [5.74, 6) is -0.870. The van der Waals surface area contributed by atoms with E-state index < -0.39 is 17.5 Å². The van der Waals surface area contributed by atoms with E-state index in [1.807, 2.05) is 0 Å². The molecular formula is C15H18FNO3. The molecule has 4 nitrogen and oxygen atoms in total. The number of rotatable bonds is 0. The van der Waals surface area contributed by atoms with Gasteiger partial charge < -0.3 is 4.74 Å². The fourth-order valence-electron chi connectivity index (χ4n) is 2.23. The van der Waals surface area contributed by atoms with E-state index in [0.717, 1.165) is 0 Å². The Balaban J connectivity index is 2.46. The average Bonchev–Trinajstić information content (AvgIpc) is 2.31. The van der Waals surface area contributed by atoms with Crippen LogP contribution in [0.3, 0.4) is 0 Å². The molecule has 1 aliphatic rings. The highest BCUT2D eigenvalue weighted by molar-refractivity contribution is 6.08. The number of benzene rings is 1. The summed E-state index contributed by atoms with van der Waals surface area (Å²) in [4.78, 5) is 25.5. The van der Waals surface area contributed by atoms with Crippen molar-refractivity contribution in [2.24, 2.45) is 0 Å². The maximum atomic E-state index is 13.9. The van der Waals surface area contributed by atoms with Crippen LogP contribution >= 0.6 is 0 Å². The van der Waals surface area contributed by atoms with E-state index >= 15 is 0 Å². The Bertz CT molecular complexity index is 575. The highest BCUT2D eigenvalue weighted by Gasteiger charge is 2.33. The molecule has 20 heavy (non-hydrogen) atoms. The number of amides is 1. The van der Waals surface area contributed by atoms with Gasteiger partial charge in [-0.2, -0.15) is 0 Å². The molecule has 5 heteroatoms. The SMILES string of the molecule is Cc1ccc(F)c2c1N(C(=O)OC(C)(C)C)CCC2=O.